The third-order valence-corrected chi connectivity index (χ3v) is 3.71. The second-order valence-electron chi connectivity index (χ2n) is 3.86. The summed E-state index contributed by atoms with van der Waals surface area (Å²) in [4.78, 5) is 11.2. The number of hydrogen-bond acceptors (Lipinski definition) is 5. The van der Waals surface area contributed by atoms with Gasteiger partial charge in [0.2, 0.25) is 0 Å². The fourth-order valence-corrected chi connectivity index (χ4v) is 2.77. The van der Waals surface area contributed by atoms with E-state index in [0.29, 0.717) is 12.1 Å². The first kappa shape index (κ1) is 14.7. The molecule has 0 radical (unpaired) electrons. The van der Waals surface area contributed by atoms with Crippen molar-refractivity contribution in [3.05, 3.63) is 35.4 Å². The Morgan fingerprint density at radius 2 is 2.00 bits per heavy atom. The maximum absolute atomic E-state index is 11.8. The van der Waals surface area contributed by atoms with Gasteiger partial charge in [0.25, 0.3) is 0 Å². The number of rotatable bonds is 6. The first-order valence-electron chi connectivity index (χ1n) is 5.60. The van der Waals surface area contributed by atoms with Crippen LogP contribution in [0.15, 0.2) is 24.3 Å². The number of nitrogens with two attached hydrogens (primary N) is 1. The quantitative estimate of drug-likeness (QED) is 0.767. The van der Waals surface area contributed by atoms with Gasteiger partial charge in [0.05, 0.1) is 12.4 Å². The number of esters is 1. The van der Waals surface area contributed by atoms with E-state index in [1.165, 1.54) is 0 Å². The fraction of sp³-hybridized carbons (Fsp3) is 0.417. The molecule has 0 aromatic heterocycles. The minimum absolute atomic E-state index is 0.178. The largest absolute Gasteiger partial charge is 0.465 e. The molecule has 0 saturated heterocycles. The zero-order valence-electron chi connectivity index (χ0n) is 10.3. The van der Waals surface area contributed by atoms with Crippen LogP contribution in [0.3, 0.4) is 0 Å². The molecule has 100 valence electrons. The molecular weight excluding hydrogens is 254 g/mol. The molecule has 0 fully saturated rings. The standard InChI is InChI=1S/C12H17NO4S/c1-2-17-12(14)9-18(15,16)8-11-5-3-4-10(6-11)7-13/h3-6H,2,7-9,13H2,1H3. The maximum Gasteiger partial charge on any atom is 0.321 e. The molecule has 0 bridgehead atoms. The van der Waals surface area contributed by atoms with Gasteiger partial charge in [-0.3, -0.25) is 4.79 Å². The molecule has 0 aliphatic rings. The van der Waals surface area contributed by atoms with Crippen molar-refractivity contribution in [2.24, 2.45) is 5.73 Å². The van der Waals surface area contributed by atoms with Crippen LogP contribution < -0.4 is 5.73 Å². The van der Waals surface area contributed by atoms with Crippen LogP contribution in [0.5, 0.6) is 0 Å². The van der Waals surface area contributed by atoms with Gasteiger partial charge in [-0.2, -0.15) is 0 Å². The first-order valence-corrected chi connectivity index (χ1v) is 7.43. The number of benzene rings is 1. The minimum atomic E-state index is -3.50. The van der Waals surface area contributed by atoms with Gasteiger partial charge in [-0.15, -0.1) is 0 Å². The zero-order chi connectivity index (χ0) is 13.6. The molecule has 0 spiro atoms. The number of hydrogen-bond donors (Lipinski definition) is 1. The molecule has 2 N–H and O–H groups in total. The Bertz CT molecular complexity index is 511. The molecule has 0 aliphatic heterocycles. The van der Waals surface area contributed by atoms with E-state index in [9.17, 15) is 13.2 Å². The third kappa shape index (κ3) is 4.85. The lowest BCUT2D eigenvalue weighted by atomic mass is 10.1. The summed E-state index contributed by atoms with van der Waals surface area (Å²) in [7, 11) is -3.50. The molecule has 5 nitrogen and oxygen atoms in total. The molecule has 0 saturated carbocycles. The summed E-state index contributed by atoms with van der Waals surface area (Å²) in [5.41, 5.74) is 6.97. The Morgan fingerprint density at radius 3 is 2.61 bits per heavy atom. The monoisotopic (exact) mass is 271 g/mol. The van der Waals surface area contributed by atoms with Crippen molar-refractivity contribution in [1.29, 1.82) is 0 Å². The average Bonchev–Trinajstić information content (AvgIpc) is 2.28. The highest BCUT2D eigenvalue weighted by atomic mass is 32.2. The number of carbonyl (C=O) groups is 1. The van der Waals surface area contributed by atoms with Crippen LogP contribution in [0.2, 0.25) is 0 Å². The smallest absolute Gasteiger partial charge is 0.321 e. The second-order valence-corrected chi connectivity index (χ2v) is 5.93. The van der Waals surface area contributed by atoms with Gasteiger partial charge in [-0.1, -0.05) is 24.3 Å². The average molecular weight is 271 g/mol. The van der Waals surface area contributed by atoms with E-state index in [1.807, 2.05) is 6.07 Å². The molecule has 6 heteroatoms. The molecule has 18 heavy (non-hydrogen) atoms. The molecule has 1 aromatic rings. The highest BCUT2D eigenvalue weighted by molar-refractivity contribution is 7.91. The second kappa shape index (κ2) is 6.51. The zero-order valence-corrected chi connectivity index (χ0v) is 11.1. The van der Waals surface area contributed by atoms with Crippen LogP contribution in [0.1, 0.15) is 18.1 Å². The van der Waals surface area contributed by atoms with E-state index >= 15 is 0 Å². The van der Waals surface area contributed by atoms with E-state index < -0.39 is 21.6 Å². The first-order chi connectivity index (χ1) is 8.46. The van der Waals surface area contributed by atoms with Crippen molar-refractivity contribution in [3.8, 4) is 0 Å². The Labute approximate surface area is 107 Å². The summed E-state index contributed by atoms with van der Waals surface area (Å²) in [6.45, 7) is 2.16. The van der Waals surface area contributed by atoms with Gasteiger partial charge in [0.15, 0.2) is 9.84 Å². The minimum Gasteiger partial charge on any atom is -0.465 e. The van der Waals surface area contributed by atoms with E-state index in [-0.39, 0.29) is 12.4 Å². The van der Waals surface area contributed by atoms with Crippen LogP contribution in [-0.4, -0.2) is 26.7 Å². The van der Waals surface area contributed by atoms with Crippen molar-refractivity contribution in [1.82, 2.24) is 0 Å². The van der Waals surface area contributed by atoms with Gasteiger partial charge >= 0.3 is 5.97 Å². The van der Waals surface area contributed by atoms with E-state index in [0.717, 1.165) is 5.56 Å². The van der Waals surface area contributed by atoms with E-state index in [4.69, 9.17) is 5.73 Å². The summed E-state index contributed by atoms with van der Waals surface area (Å²) < 4.78 is 28.1. The van der Waals surface area contributed by atoms with Crippen LogP contribution in [-0.2, 0) is 31.7 Å². The van der Waals surface area contributed by atoms with Crippen LogP contribution in [0.25, 0.3) is 0 Å². The van der Waals surface area contributed by atoms with E-state index in [1.54, 1.807) is 25.1 Å². The van der Waals surface area contributed by atoms with Crippen LogP contribution in [0, 0.1) is 0 Å². The predicted octanol–water partition coefficient (Wildman–Crippen LogP) is 0.623. The third-order valence-electron chi connectivity index (χ3n) is 2.26. The summed E-state index contributed by atoms with van der Waals surface area (Å²) in [5, 5.41) is 0. The lowest BCUT2D eigenvalue weighted by Crippen LogP contribution is -2.20. The normalized spacial score (nSPS) is 11.2. The van der Waals surface area contributed by atoms with Crippen molar-refractivity contribution in [2.45, 2.75) is 19.2 Å². The van der Waals surface area contributed by atoms with Crippen LogP contribution >= 0.6 is 0 Å². The van der Waals surface area contributed by atoms with Gasteiger partial charge in [-0.05, 0) is 18.1 Å². The highest BCUT2D eigenvalue weighted by Gasteiger charge is 2.18. The Morgan fingerprint density at radius 1 is 1.33 bits per heavy atom. The van der Waals surface area contributed by atoms with Crippen molar-refractivity contribution >= 4 is 15.8 Å². The van der Waals surface area contributed by atoms with Gasteiger partial charge in [0, 0.05) is 6.54 Å². The molecular formula is C12H17NO4S. The molecule has 0 aliphatic carbocycles. The topological polar surface area (TPSA) is 86.5 Å². The van der Waals surface area contributed by atoms with Gasteiger partial charge in [-0.25, -0.2) is 8.42 Å². The van der Waals surface area contributed by atoms with Gasteiger partial charge in [0.1, 0.15) is 5.75 Å². The predicted molar refractivity (Wildman–Crippen MR) is 68.5 cm³/mol. The molecule has 1 rings (SSSR count). The highest BCUT2D eigenvalue weighted by Crippen LogP contribution is 2.09. The Hall–Kier alpha value is -1.40. The lowest BCUT2D eigenvalue weighted by Gasteiger charge is -2.05. The Kier molecular flexibility index (Phi) is 5.30. The SMILES string of the molecule is CCOC(=O)CS(=O)(=O)Cc1cccc(CN)c1. The summed E-state index contributed by atoms with van der Waals surface area (Å²) in [6, 6.07) is 6.99. The fourth-order valence-electron chi connectivity index (χ4n) is 1.53. The van der Waals surface area contributed by atoms with Crippen LogP contribution in [0.4, 0.5) is 0 Å². The maximum atomic E-state index is 11.8. The molecule has 0 heterocycles. The van der Waals surface area contributed by atoms with Crippen molar-refractivity contribution < 1.29 is 17.9 Å². The Balaban J connectivity index is 2.73. The number of ether oxygens (including phenoxy) is 1. The van der Waals surface area contributed by atoms with Crippen molar-refractivity contribution in [2.75, 3.05) is 12.4 Å². The molecule has 1 aromatic carbocycles. The summed E-state index contributed by atoms with van der Waals surface area (Å²) in [5.74, 6) is -1.49. The lowest BCUT2D eigenvalue weighted by molar-refractivity contribution is -0.139. The van der Waals surface area contributed by atoms with Gasteiger partial charge < -0.3 is 10.5 Å². The number of sulfone groups is 1. The summed E-state index contributed by atoms with van der Waals surface area (Å²) in [6.07, 6.45) is 0. The van der Waals surface area contributed by atoms with E-state index in [2.05, 4.69) is 4.74 Å². The van der Waals surface area contributed by atoms with Crippen molar-refractivity contribution in [3.63, 3.8) is 0 Å². The molecule has 0 unspecified atom stereocenters. The molecule has 0 atom stereocenters. The summed E-state index contributed by atoms with van der Waals surface area (Å²) >= 11 is 0. The molecule has 0 amide bonds. The number of carbonyl (C=O) groups excluding carboxylic acids is 1.